The molecule has 22 heavy (non-hydrogen) atoms. The number of phenolic OH excluding ortho intramolecular Hbond substituents is 1. The first-order valence-electron chi connectivity index (χ1n) is 7.54. The van der Waals surface area contributed by atoms with Gasteiger partial charge in [-0.3, -0.25) is 4.90 Å². The Kier molecular flexibility index (Phi) is 4.50. The summed E-state index contributed by atoms with van der Waals surface area (Å²) >= 11 is 1.68. The number of aromatic hydroxyl groups is 1. The molecule has 3 nitrogen and oxygen atoms in total. The van der Waals surface area contributed by atoms with Crippen molar-refractivity contribution in [3.8, 4) is 21.9 Å². The molecule has 1 aliphatic heterocycles. The van der Waals surface area contributed by atoms with E-state index in [-0.39, 0.29) is 5.75 Å². The number of hydrogen-bond donors (Lipinski definition) is 1. The first-order valence-corrected chi connectivity index (χ1v) is 8.42. The molecule has 0 amide bonds. The second-order valence-electron chi connectivity index (χ2n) is 5.66. The van der Waals surface area contributed by atoms with Gasteiger partial charge in [0.05, 0.1) is 0 Å². The van der Waals surface area contributed by atoms with Gasteiger partial charge < -0.3 is 9.84 Å². The molecule has 0 unspecified atom stereocenters. The van der Waals surface area contributed by atoms with Crippen molar-refractivity contribution in [1.82, 2.24) is 4.90 Å². The molecule has 116 valence electrons. The maximum Gasteiger partial charge on any atom is 0.165 e. The molecule has 1 aliphatic rings. The smallest absolute Gasteiger partial charge is 0.165 e. The zero-order valence-corrected chi connectivity index (χ0v) is 13.8. The molecule has 2 aromatic rings. The molecule has 0 saturated carbocycles. The lowest BCUT2D eigenvalue weighted by Gasteiger charge is -2.19. The van der Waals surface area contributed by atoms with Gasteiger partial charge in [0.1, 0.15) is 6.61 Å². The molecular weight excluding hydrogens is 294 g/mol. The van der Waals surface area contributed by atoms with Crippen molar-refractivity contribution in [3.63, 3.8) is 0 Å². The number of allylic oxidation sites excluding steroid dienone is 1. The molecule has 4 heteroatoms. The van der Waals surface area contributed by atoms with Gasteiger partial charge in [0.25, 0.3) is 0 Å². The van der Waals surface area contributed by atoms with Gasteiger partial charge in [-0.2, -0.15) is 0 Å². The van der Waals surface area contributed by atoms with Gasteiger partial charge in [0.15, 0.2) is 11.5 Å². The van der Waals surface area contributed by atoms with Crippen LogP contribution in [0, 0.1) is 0 Å². The molecule has 0 saturated heterocycles. The maximum atomic E-state index is 10.3. The maximum absolute atomic E-state index is 10.3. The summed E-state index contributed by atoms with van der Waals surface area (Å²) in [6.07, 6.45) is 2.15. The standard InChI is InChI=1S/C18H21NO2S/c1-3-13(2)11-19-6-7-21-18-15(12-19)9-14(10-16(18)20)17-5-4-8-22-17/h3-5,8-10,20H,6-7,11-12H2,1-2H3. The van der Waals surface area contributed by atoms with Crippen LogP contribution in [0.25, 0.3) is 10.4 Å². The molecule has 1 aromatic carbocycles. The van der Waals surface area contributed by atoms with Crippen LogP contribution in [0.5, 0.6) is 11.5 Å². The van der Waals surface area contributed by atoms with Gasteiger partial charge >= 0.3 is 0 Å². The fourth-order valence-corrected chi connectivity index (χ4v) is 3.43. The second kappa shape index (κ2) is 6.55. The Hall–Kier alpha value is -1.78. The molecule has 0 bridgehead atoms. The Morgan fingerprint density at radius 1 is 1.45 bits per heavy atom. The van der Waals surface area contributed by atoms with E-state index in [2.05, 4.69) is 42.3 Å². The van der Waals surface area contributed by atoms with Crippen LogP contribution in [0.3, 0.4) is 0 Å². The lowest BCUT2D eigenvalue weighted by atomic mass is 10.1. The van der Waals surface area contributed by atoms with Crippen LogP contribution in [0.15, 0.2) is 41.3 Å². The highest BCUT2D eigenvalue weighted by atomic mass is 32.1. The Bertz CT molecular complexity index is 677. The zero-order chi connectivity index (χ0) is 15.5. The Labute approximate surface area is 135 Å². The highest BCUT2D eigenvalue weighted by molar-refractivity contribution is 7.13. The Morgan fingerprint density at radius 2 is 2.32 bits per heavy atom. The second-order valence-corrected chi connectivity index (χ2v) is 6.60. The van der Waals surface area contributed by atoms with Crippen molar-refractivity contribution in [2.75, 3.05) is 19.7 Å². The van der Waals surface area contributed by atoms with Crippen molar-refractivity contribution in [2.24, 2.45) is 0 Å². The lowest BCUT2D eigenvalue weighted by Crippen LogP contribution is -2.27. The highest BCUT2D eigenvalue weighted by Gasteiger charge is 2.20. The predicted octanol–water partition coefficient (Wildman–Crippen LogP) is 4.28. The van der Waals surface area contributed by atoms with E-state index >= 15 is 0 Å². The number of hydrogen-bond acceptors (Lipinski definition) is 4. The van der Waals surface area contributed by atoms with Crippen molar-refractivity contribution in [1.29, 1.82) is 0 Å². The van der Waals surface area contributed by atoms with Gasteiger partial charge in [-0.1, -0.05) is 17.7 Å². The summed E-state index contributed by atoms with van der Waals surface area (Å²) in [5.41, 5.74) is 3.46. The van der Waals surface area contributed by atoms with Crippen molar-refractivity contribution in [2.45, 2.75) is 20.4 Å². The largest absolute Gasteiger partial charge is 0.504 e. The Balaban J connectivity index is 1.93. The van der Waals surface area contributed by atoms with Gasteiger partial charge in [-0.25, -0.2) is 0 Å². The molecule has 2 heterocycles. The van der Waals surface area contributed by atoms with Crippen LogP contribution in [0.4, 0.5) is 0 Å². The van der Waals surface area contributed by atoms with Crippen LogP contribution in [-0.4, -0.2) is 29.7 Å². The van der Waals surface area contributed by atoms with Crippen molar-refractivity contribution in [3.05, 3.63) is 46.9 Å². The normalized spacial score (nSPS) is 16.0. The predicted molar refractivity (Wildman–Crippen MR) is 91.6 cm³/mol. The third-order valence-corrected chi connectivity index (χ3v) is 4.88. The van der Waals surface area contributed by atoms with Crippen LogP contribution >= 0.6 is 11.3 Å². The topological polar surface area (TPSA) is 32.7 Å². The number of benzene rings is 1. The molecule has 1 aromatic heterocycles. The number of rotatable bonds is 3. The number of thiophene rings is 1. The molecule has 0 fully saturated rings. The van der Waals surface area contributed by atoms with Crippen LogP contribution in [0.2, 0.25) is 0 Å². The zero-order valence-electron chi connectivity index (χ0n) is 13.0. The molecular formula is C18H21NO2S. The summed E-state index contributed by atoms with van der Waals surface area (Å²) < 4.78 is 5.79. The van der Waals surface area contributed by atoms with E-state index < -0.39 is 0 Å². The SMILES string of the molecule is CC=C(C)CN1CCOc2c(O)cc(-c3cccs3)cc2C1. The van der Waals surface area contributed by atoms with Crippen LogP contribution in [-0.2, 0) is 6.54 Å². The number of fused-ring (bicyclic) bond motifs is 1. The molecule has 0 radical (unpaired) electrons. The molecule has 0 spiro atoms. The van der Waals surface area contributed by atoms with E-state index in [1.807, 2.05) is 6.07 Å². The number of ether oxygens (including phenoxy) is 1. The van der Waals surface area contributed by atoms with Gasteiger partial charge in [-0.15, -0.1) is 11.3 Å². The average molecular weight is 315 g/mol. The summed E-state index contributed by atoms with van der Waals surface area (Å²) in [5.74, 6) is 0.881. The van der Waals surface area contributed by atoms with E-state index in [1.54, 1.807) is 17.4 Å². The summed E-state index contributed by atoms with van der Waals surface area (Å²) in [4.78, 5) is 3.53. The van der Waals surface area contributed by atoms with E-state index in [0.717, 1.165) is 30.8 Å². The summed E-state index contributed by atoms with van der Waals surface area (Å²) in [6, 6.07) is 8.05. The lowest BCUT2D eigenvalue weighted by molar-refractivity contribution is 0.235. The fourth-order valence-electron chi connectivity index (χ4n) is 2.72. The Morgan fingerprint density at radius 3 is 3.05 bits per heavy atom. The average Bonchev–Trinajstić information content (AvgIpc) is 2.96. The third kappa shape index (κ3) is 3.18. The highest BCUT2D eigenvalue weighted by Crippen LogP contribution is 2.38. The van der Waals surface area contributed by atoms with Gasteiger partial charge in [0.2, 0.25) is 0 Å². The van der Waals surface area contributed by atoms with Crippen molar-refractivity contribution >= 4 is 11.3 Å². The van der Waals surface area contributed by atoms with E-state index in [0.29, 0.717) is 12.4 Å². The van der Waals surface area contributed by atoms with Crippen LogP contribution in [0.1, 0.15) is 19.4 Å². The van der Waals surface area contributed by atoms with E-state index in [9.17, 15) is 5.11 Å². The fraction of sp³-hybridized carbons (Fsp3) is 0.333. The van der Waals surface area contributed by atoms with Crippen LogP contribution < -0.4 is 4.74 Å². The monoisotopic (exact) mass is 315 g/mol. The minimum atomic E-state index is 0.241. The first-order chi connectivity index (χ1) is 10.7. The summed E-state index contributed by atoms with van der Waals surface area (Å²) in [7, 11) is 0. The minimum absolute atomic E-state index is 0.241. The van der Waals surface area contributed by atoms with Gasteiger partial charge in [0, 0.05) is 30.1 Å². The molecule has 0 atom stereocenters. The number of nitrogens with zero attached hydrogens (tertiary/aromatic N) is 1. The van der Waals surface area contributed by atoms with Crippen molar-refractivity contribution < 1.29 is 9.84 Å². The molecule has 0 aliphatic carbocycles. The summed E-state index contributed by atoms with van der Waals surface area (Å²) in [5, 5.41) is 12.4. The first kappa shape index (κ1) is 15.1. The van der Waals surface area contributed by atoms with E-state index in [1.165, 1.54) is 10.5 Å². The quantitative estimate of drug-likeness (QED) is 0.858. The number of phenols is 1. The molecule has 3 rings (SSSR count). The third-order valence-electron chi connectivity index (χ3n) is 3.97. The minimum Gasteiger partial charge on any atom is -0.504 e. The molecule has 1 N–H and O–H groups in total. The van der Waals surface area contributed by atoms with Gasteiger partial charge in [-0.05, 0) is 43.0 Å². The summed E-state index contributed by atoms with van der Waals surface area (Å²) in [6.45, 7) is 7.42. The van der Waals surface area contributed by atoms with E-state index in [4.69, 9.17) is 4.74 Å².